The summed E-state index contributed by atoms with van der Waals surface area (Å²) in [7, 11) is 0. The molecule has 57 heavy (non-hydrogen) atoms. The third-order valence-corrected chi connectivity index (χ3v) is 10.4. The van der Waals surface area contributed by atoms with Gasteiger partial charge in [0.05, 0.1) is 5.58 Å². The molecule has 0 aliphatic rings. The minimum Gasteiger partial charge on any atom is -0.500 e. The van der Waals surface area contributed by atoms with Gasteiger partial charge in [-0.3, -0.25) is 4.98 Å². The molecular weight excluding hydrogens is 875 g/mol. The summed E-state index contributed by atoms with van der Waals surface area (Å²) in [5, 5.41) is 4.38. The zero-order valence-corrected chi connectivity index (χ0v) is 37.6. The molecule has 4 aromatic carbocycles. The summed E-state index contributed by atoms with van der Waals surface area (Å²) < 4.78 is 6.48. The number of hydrogen-bond acceptors (Lipinski definition) is 4. The van der Waals surface area contributed by atoms with Crippen molar-refractivity contribution in [2.24, 2.45) is 10.8 Å². The Kier molecular flexibility index (Phi) is 12.1. The molecule has 8 rings (SSSR count). The van der Waals surface area contributed by atoms with Crippen molar-refractivity contribution >= 4 is 32.7 Å². The van der Waals surface area contributed by atoms with Gasteiger partial charge in [-0.2, -0.15) is 0 Å². The first-order chi connectivity index (χ1) is 26.5. The number of fused-ring (bicyclic) bond motifs is 5. The first kappa shape index (κ1) is 41.7. The van der Waals surface area contributed by atoms with Crippen LogP contribution < -0.4 is 0 Å². The minimum absolute atomic E-state index is 0. The van der Waals surface area contributed by atoms with E-state index in [-0.39, 0.29) is 25.5 Å². The van der Waals surface area contributed by atoms with Gasteiger partial charge in [-0.15, -0.1) is 47.5 Å². The second-order valence-corrected chi connectivity index (χ2v) is 18.0. The van der Waals surface area contributed by atoms with Crippen LogP contribution in [-0.4, -0.2) is 15.0 Å². The summed E-state index contributed by atoms with van der Waals surface area (Å²) in [6.07, 6.45) is 7.91. The van der Waals surface area contributed by atoms with Gasteiger partial charge < -0.3 is 14.4 Å². The van der Waals surface area contributed by atoms with Crippen LogP contribution >= 0.6 is 0 Å². The molecule has 0 saturated heterocycles. The second-order valence-electron chi connectivity index (χ2n) is 18.0. The summed E-state index contributed by atoms with van der Waals surface area (Å²) in [6.45, 7) is 24.1. The number of pyridine rings is 3. The average molecular weight is 928 g/mol. The maximum Gasteiger partial charge on any atom is 0.128 e. The van der Waals surface area contributed by atoms with Crippen molar-refractivity contribution < 1.29 is 24.5 Å². The zero-order chi connectivity index (χ0) is 39.9. The minimum atomic E-state index is 0. The Morgan fingerprint density at radius 3 is 1.96 bits per heavy atom. The number of hydrogen-bond donors (Lipinski definition) is 0. The summed E-state index contributed by atoms with van der Waals surface area (Å²) in [4.78, 5) is 13.8. The standard InChI is InChI=1S/C27H25N2O.C25H28N.Ir/c1-16-14-29-24(12-19(16)13-27(3,4)5)22-8-6-7-20-21-10-9-18-15-28-17(2)11-23(18)26(21)30-25(20)22;1-17-7-10-22(24-13-18(2)19(3)16-26-24)14-23(17)21-11-8-20(9-12-21)15-25(4,5)6;/h6-7,9-12,14-15H,13H2,1-5H3;7-9,11-14,16H,15H2,1-6H3;/q2*-1;. The Labute approximate surface area is 352 Å². The fraction of sp³-hybridized carbons (Fsp3) is 0.288. The Balaban J connectivity index is 0.000000192. The van der Waals surface area contributed by atoms with E-state index in [1.807, 2.05) is 31.6 Å². The molecule has 8 aromatic rings. The van der Waals surface area contributed by atoms with Gasteiger partial charge in [0.1, 0.15) is 5.58 Å². The van der Waals surface area contributed by atoms with Crippen molar-refractivity contribution in [3.63, 3.8) is 0 Å². The third-order valence-electron chi connectivity index (χ3n) is 10.4. The van der Waals surface area contributed by atoms with E-state index in [0.717, 1.165) is 73.8 Å². The molecule has 1 radical (unpaired) electrons. The number of aromatic nitrogens is 3. The molecule has 0 bridgehead atoms. The van der Waals surface area contributed by atoms with E-state index in [2.05, 4.69) is 164 Å². The number of nitrogens with zero attached hydrogens (tertiary/aromatic N) is 3. The Hall–Kier alpha value is -4.96. The first-order valence-electron chi connectivity index (χ1n) is 19.7. The van der Waals surface area contributed by atoms with Gasteiger partial charge in [-0.05, 0) is 91.1 Å². The van der Waals surface area contributed by atoms with E-state index in [0.29, 0.717) is 5.41 Å². The molecule has 0 fully saturated rings. The van der Waals surface area contributed by atoms with Gasteiger partial charge in [0.25, 0.3) is 0 Å². The molecule has 0 aliphatic heterocycles. The van der Waals surface area contributed by atoms with Crippen molar-refractivity contribution in [1.29, 1.82) is 0 Å². The molecule has 293 valence electrons. The molecule has 0 aliphatic carbocycles. The maximum atomic E-state index is 6.48. The molecule has 0 unspecified atom stereocenters. The average Bonchev–Trinajstić information content (AvgIpc) is 3.53. The molecule has 0 atom stereocenters. The topological polar surface area (TPSA) is 51.8 Å². The summed E-state index contributed by atoms with van der Waals surface area (Å²) >= 11 is 0. The summed E-state index contributed by atoms with van der Waals surface area (Å²) in [5.74, 6) is 0. The van der Waals surface area contributed by atoms with Crippen LogP contribution in [0.3, 0.4) is 0 Å². The fourth-order valence-corrected chi connectivity index (χ4v) is 7.38. The molecule has 0 spiro atoms. The van der Waals surface area contributed by atoms with E-state index < -0.39 is 0 Å². The van der Waals surface area contributed by atoms with Crippen molar-refractivity contribution in [1.82, 2.24) is 15.0 Å². The molecule has 4 nitrogen and oxygen atoms in total. The summed E-state index contributed by atoms with van der Waals surface area (Å²) in [5.41, 5.74) is 17.2. The number of furan rings is 1. The first-order valence-corrected chi connectivity index (χ1v) is 19.7. The van der Waals surface area contributed by atoms with Gasteiger partial charge >= 0.3 is 0 Å². The smallest absolute Gasteiger partial charge is 0.128 e. The van der Waals surface area contributed by atoms with Crippen LogP contribution in [0.2, 0.25) is 0 Å². The van der Waals surface area contributed by atoms with Crippen molar-refractivity contribution in [2.45, 2.75) is 89.0 Å². The van der Waals surface area contributed by atoms with E-state index in [9.17, 15) is 0 Å². The van der Waals surface area contributed by atoms with Gasteiger partial charge in [0.15, 0.2) is 0 Å². The number of rotatable bonds is 5. The van der Waals surface area contributed by atoms with E-state index in [1.165, 1.54) is 44.5 Å². The van der Waals surface area contributed by atoms with Gasteiger partial charge in [-0.1, -0.05) is 125 Å². The quantitative estimate of drug-likeness (QED) is 0.161. The zero-order valence-electron chi connectivity index (χ0n) is 35.2. The number of aryl methyl sites for hydroxylation is 5. The Morgan fingerprint density at radius 2 is 1.26 bits per heavy atom. The van der Waals surface area contributed by atoms with Crippen LogP contribution in [0.5, 0.6) is 0 Å². The van der Waals surface area contributed by atoms with Crippen LogP contribution in [-0.2, 0) is 32.9 Å². The normalized spacial score (nSPS) is 11.8. The van der Waals surface area contributed by atoms with Crippen LogP contribution in [0.1, 0.15) is 80.6 Å². The van der Waals surface area contributed by atoms with Crippen LogP contribution in [0.4, 0.5) is 0 Å². The molecule has 5 heteroatoms. The summed E-state index contributed by atoms with van der Waals surface area (Å²) in [6, 6.07) is 34.8. The Bertz CT molecular complexity index is 2710. The number of benzene rings is 4. The predicted molar refractivity (Wildman–Crippen MR) is 235 cm³/mol. The van der Waals surface area contributed by atoms with Crippen molar-refractivity contribution in [2.75, 3.05) is 0 Å². The van der Waals surface area contributed by atoms with E-state index >= 15 is 0 Å². The van der Waals surface area contributed by atoms with Crippen LogP contribution in [0.25, 0.3) is 66.4 Å². The second kappa shape index (κ2) is 16.5. The van der Waals surface area contributed by atoms with Crippen molar-refractivity contribution in [3.05, 3.63) is 149 Å². The van der Waals surface area contributed by atoms with E-state index in [4.69, 9.17) is 9.40 Å². The van der Waals surface area contributed by atoms with Gasteiger partial charge in [0.2, 0.25) is 0 Å². The fourth-order valence-electron chi connectivity index (χ4n) is 7.38. The molecule has 0 N–H and O–H groups in total. The molecule has 0 amide bonds. The van der Waals surface area contributed by atoms with Gasteiger partial charge in [-0.25, -0.2) is 0 Å². The maximum absolute atomic E-state index is 6.48. The third kappa shape index (κ3) is 9.44. The largest absolute Gasteiger partial charge is 0.500 e. The molecular formula is C52H53IrN3O-2. The predicted octanol–water partition coefficient (Wildman–Crippen LogP) is 13.9. The van der Waals surface area contributed by atoms with Crippen molar-refractivity contribution in [3.8, 4) is 33.6 Å². The van der Waals surface area contributed by atoms with Crippen LogP contribution in [0, 0.1) is 57.6 Å². The van der Waals surface area contributed by atoms with E-state index in [1.54, 1.807) is 0 Å². The molecule has 4 heterocycles. The SMILES string of the molecule is Cc1cc2c(ccc3c4cc[c-]c(-c5cc(CC(C)(C)C)c(C)cn5)c4oc23)cn1.Cc1cnc(-c2[c-]cc(C)c(-c3ccc(CC(C)(C)C)cc3)c2)cc1C.[Ir]. The monoisotopic (exact) mass is 928 g/mol. The Morgan fingerprint density at radius 1 is 0.579 bits per heavy atom. The van der Waals surface area contributed by atoms with Crippen LogP contribution in [0.15, 0.2) is 102 Å². The molecule has 0 saturated carbocycles. The molecule has 4 aromatic heterocycles. The van der Waals surface area contributed by atoms with Gasteiger partial charge in [0, 0.05) is 60.5 Å².